The van der Waals surface area contributed by atoms with Gasteiger partial charge in [0.2, 0.25) is 0 Å². The highest BCUT2D eigenvalue weighted by Crippen LogP contribution is 2.30. The molecule has 0 aliphatic heterocycles. The average molecular weight is 267 g/mol. The molecule has 0 radical (unpaired) electrons. The van der Waals surface area contributed by atoms with E-state index in [1.807, 2.05) is 6.07 Å². The van der Waals surface area contributed by atoms with Crippen LogP contribution >= 0.6 is 15.9 Å². The first-order valence-corrected chi connectivity index (χ1v) is 5.13. The van der Waals surface area contributed by atoms with Gasteiger partial charge in [0, 0.05) is 11.8 Å². The van der Waals surface area contributed by atoms with Gasteiger partial charge in [-0.3, -0.25) is 0 Å². The monoisotopic (exact) mass is 266 g/mol. The summed E-state index contributed by atoms with van der Waals surface area (Å²) in [6.45, 7) is 0. The van der Waals surface area contributed by atoms with Gasteiger partial charge >= 0.3 is 0 Å². The van der Waals surface area contributed by atoms with Crippen molar-refractivity contribution in [3.63, 3.8) is 0 Å². The number of aromatic nitrogens is 1. The molecule has 2 nitrogen and oxygen atoms in total. The summed E-state index contributed by atoms with van der Waals surface area (Å²) in [6.07, 6.45) is 1.62. The van der Waals surface area contributed by atoms with Crippen LogP contribution in [0.15, 0.2) is 41.0 Å². The van der Waals surface area contributed by atoms with E-state index < -0.39 is 0 Å². The van der Waals surface area contributed by atoms with Crippen LogP contribution in [0, 0.1) is 5.82 Å². The number of benzene rings is 1. The molecule has 2 aromatic rings. The first-order valence-electron chi connectivity index (χ1n) is 4.34. The first kappa shape index (κ1) is 10.1. The molecule has 76 valence electrons. The molecule has 0 saturated heterocycles. The Balaban J connectivity index is 2.54. The number of nitrogen functional groups attached to an aromatic ring is 1. The van der Waals surface area contributed by atoms with Crippen LogP contribution in [0.3, 0.4) is 0 Å². The Morgan fingerprint density at radius 1 is 1.13 bits per heavy atom. The van der Waals surface area contributed by atoms with Gasteiger partial charge in [0.25, 0.3) is 0 Å². The molecule has 15 heavy (non-hydrogen) atoms. The van der Waals surface area contributed by atoms with E-state index in [0.29, 0.717) is 5.82 Å². The van der Waals surface area contributed by atoms with Crippen molar-refractivity contribution in [2.75, 3.05) is 5.73 Å². The molecule has 0 bridgehead atoms. The normalized spacial score (nSPS) is 10.3. The van der Waals surface area contributed by atoms with Gasteiger partial charge in [0.15, 0.2) is 0 Å². The molecule has 0 saturated carbocycles. The lowest BCUT2D eigenvalue weighted by Crippen LogP contribution is -1.92. The zero-order chi connectivity index (χ0) is 10.8. The molecule has 4 heteroatoms. The van der Waals surface area contributed by atoms with Crippen LogP contribution < -0.4 is 5.73 Å². The molecule has 2 rings (SSSR count). The summed E-state index contributed by atoms with van der Waals surface area (Å²) in [5.74, 6) is 0.175. The summed E-state index contributed by atoms with van der Waals surface area (Å²) in [5.41, 5.74) is 7.46. The standard InChI is InChI=1S/C11H8BrFN2/c12-10-9(5-6-15-11(10)14)7-1-3-8(13)4-2-7/h1-6H,(H2,14,15). The largest absolute Gasteiger partial charge is 0.383 e. The molecule has 0 fully saturated rings. The maximum atomic E-state index is 12.7. The predicted molar refractivity (Wildman–Crippen MR) is 61.7 cm³/mol. The van der Waals surface area contributed by atoms with E-state index in [1.165, 1.54) is 12.1 Å². The highest BCUT2D eigenvalue weighted by atomic mass is 79.9. The van der Waals surface area contributed by atoms with Crippen molar-refractivity contribution in [2.45, 2.75) is 0 Å². The van der Waals surface area contributed by atoms with Crippen molar-refractivity contribution in [3.05, 3.63) is 46.8 Å². The Morgan fingerprint density at radius 2 is 1.80 bits per heavy atom. The van der Waals surface area contributed by atoms with Gasteiger partial charge < -0.3 is 5.73 Å². The minimum absolute atomic E-state index is 0.253. The van der Waals surface area contributed by atoms with E-state index in [9.17, 15) is 4.39 Å². The van der Waals surface area contributed by atoms with Crippen LogP contribution in [0.1, 0.15) is 0 Å². The Kier molecular flexibility index (Phi) is 2.68. The number of pyridine rings is 1. The molecule has 1 heterocycles. The molecule has 0 aliphatic carbocycles. The summed E-state index contributed by atoms with van der Waals surface area (Å²) in [6, 6.07) is 8.06. The van der Waals surface area contributed by atoms with Gasteiger partial charge in [-0.05, 0) is 39.7 Å². The zero-order valence-electron chi connectivity index (χ0n) is 7.74. The fourth-order valence-electron chi connectivity index (χ4n) is 1.31. The topological polar surface area (TPSA) is 38.9 Å². The van der Waals surface area contributed by atoms with Crippen LogP contribution in [-0.4, -0.2) is 4.98 Å². The third-order valence-corrected chi connectivity index (χ3v) is 2.90. The maximum absolute atomic E-state index is 12.7. The maximum Gasteiger partial charge on any atom is 0.138 e. The quantitative estimate of drug-likeness (QED) is 0.861. The minimum Gasteiger partial charge on any atom is -0.383 e. The highest BCUT2D eigenvalue weighted by Gasteiger charge is 2.06. The molecule has 1 aromatic heterocycles. The Morgan fingerprint density at radius 3 is 2.47 bits per heavy atom. The van der Waals surface area contributed by atoms with Crippen molar-refractivity contribution in [1.29, 1.82) is 0 Å². The van der Waals surface area contributed by atoms with Gasteiger partial charge in [0.1, 0.15) is 11.6 Å². The number of hydrogen-bond acceptors (Lipinski definition) is 2. The van der Waals surface area contributed by atoms with Crippen LogP contribution in [0.4, 0.5) is 10.2 Å². The van der Waals surface area contributed by atoms with Crippen molar-refractivity contribution < 1.29 is 4.39 Å². The number of hydrogen-bond donors (Lipinski definition) is 1. The lowest BCUT2D eigenvalue weighted by molar-refractivity contribution is 0.628. The summed E-state index contributed by atoms with van der Waals surface area (Å²) >= 11 is 3.35. The molecule has 0 spiro atoms. The van der Waals surface area contributed by atoms with Crippen molar-refractivity contribution >= 4 is 21.7 Å². The molecule has 0 amide bonds. The first-order chi connectivity index (χ1) is 7.18. The summed E-state index contributed by atoms with van der Waals surface area (Å²) in [4.78, 5) is 3.94. The van der Waals surface area contributed by atoms with Gasteiger partial charge in [-0.25, -0.2) is 9.37 Å². The lowest BCUT2D eigenvalue weighted by atomic mass is 10.1. The van der Waals surface area contributed by atoms with E-state index in [-0.39, 0.29) is 5.82 Å². The van der Waals surface area contributed by atoms with Gasteiger partial charge in [-0.15, -0.1) is 0 Å². The average Bonchev–Trinajstić information content (AvgIpc) is 2.24. The second-order valence-corrected chi connectivity index (χ2v) is 3.86. The molecule has 0 unspecified atom stereocenters. The molecule has 0 aliphatic rings. The Labute approximate surface area is 95.1 Å². The molecular formula is C11H8BrFN2. The van der Waals surface area contributed by atoms with Crippen LogP contribution in [0.5, 0.6) is 0 Å². The number of rotatable bonds is 1. The summed E-state index contributed by atoms with van der Waals surface area (Å²) in [7, 11) is 0. The fourth-order valence-corrected chi connectivity index (χ4v) is 1.78. The highest BCUT2D eigenvalue weighted by molar-refractivity contribution is 9.10. The van der Waals surface area contributed by atoms with Gasteiger partial charge in [-0.1, -0.05) is 12.1 Å². The van der Waals surface area contributed by atoms with E-state index in [0.717, 1.165) is 15.6 Å². The smallest absolute Gasteiger partial charge is 0.138 e. The van der Waals surface area contributed by atoms with E-state index in [4.69, 9.17) is 5.73 Å². The second-order valence-electron chi connectivity index (χ2n) is 3.06. The number of nitrogens with two attached hydrogens (primary N) is 1. The minimum atomic E-state index is -0.253. The SMILES string of the molecule is Nc1nccc(-c2ccc(F)cc2)c1Br. The summed E-state index contributed by atoms with van der Waals surface area (Å²) in [5, 5.41) is 0. The molecule has 1 aromatic carbocycles. The van der Waals surface area contributed by atoms with Gasteiger partial charge in [0.05, 0.1) is 4.47 Å². The predicted octanol–water partition coefficient (Wildman–Crippen LogP) is 3.23. The lowest BCUT2D eigenvalue weighted by Gasteiger charge is -2.05. The third-order valence-electron chi connectivity index (χ3n) is 2.07. The molecule has 2 N–H and O–H groups in total. The van der Waals surface area contributed by atoms with Crippen molar-refractivity contribution in [2.24, 2.45) is 0 Å². The molecule has 0 atom stereocenters. The zero-order valence-corrected chi connectivity index (χ0v) is 9.33. The number of anilines is 1. The third kappa shape index (κ3) is 1.99. The second kappa shape index (κ2) is 3.98. The summed E-state index contributed by atoms with van der Waals surface area (Å²) < 4.78 is 13.5. The van der Waals surface area contributed by atoms with Crippen LogP contribution in [0.25, 0.3) is 11.1 Å². The Bertz CT molecular complexity index is 482. The van der Waals surface area contributed by atoms with E-state index in [1.54, 1.807) is 18.3 Å². The molecular weight excluding hydrogens is 259 g/mol. The van der Waals surface area contributed by atoms with Crippen molar-refractivity contribution in [1.82, 2.24) is 4.98 Å². The van der Waals surface area contributed by atoms with Crippen LogP contribution in [0.2, 0.25) is 0 Å². The van der Waals surface area contributed by atoms with E-state index in [2.05, 4.69) is 20.9 Å². The van der Waals surface area contributed by atoms with Crippen LogP contribution in [-0.2, 0) is 0 Å². The fraction of sp³-hybridized carbons (Fsp3) is 0. The van der Waals surface area contributed by atoms with Crippen molar-refractivity contribution in [3.8, 4) is 11.1 Å². The van der Waals surface area contributed by atoms with Gasteiger partial charge in [-0.2, -0.15) is 0 Å². The Hall–Kier alpha value is -1.42. The number of nitrogens with zero attached hydrogens (tertiary/aromatic N) is 1. The number of halogens is 2. The van der Waals surface area contributed by atoms with E-state index >= 15 is 0 Å².